The summed E-state index contributed by atoms with van der Waals surface area (Å²) in [6.45, 7) is 3.13. The van der Waals surface area contributed by atoms with Gasteiger partial charge in [0.1, 0.15) is 5.82 Å². The number of nitrogens with two attached hydrogens (primary N) is 1. The summed E-state index contributed by atoms with van der Waals surface area (Å²) >= 11 is 6.03. The maximum atomic E-state index is 14.0. The third-order valence-electron chi connectivity index (χ3n) is 5.33. The van der Waals surface area contributed by atoms with Gasteiger partial charge in [0, 0.05) is 29.7 Å². The number of pyridine rings is 1. The average molecular weight is 406 g/mol. The molecule has 0 bridgehead atoms. The Morgan fingerprint density at radius 2 is 2.00 bits per heavy atom. The van der Waals surface area contributed by atoms with Crippen LogP contribution >= 0.6 is 11.6 Å². The fraction of sp³-hybridized carbons (Fsp3) is 0.429. The lowest BCUT2D eigenvalue weighted by Gasteiger charge is -2.34. The van der Waals surface area contributed by atoms with Crippen LogP contribution in [0.3, 0.4) is 0 Å². The first-order valence-electron chi connectivity index (χ1n) is 9.53. The fourth-order valence-corrected chi connectivity index (χ4v) is 3.97. The zero-order chi connectivity index (χ0) is 20.1. The van der Waals surface area contributed by atoms with Crippen LogP contribution in [-0.2, 0) is 16.0 Å². The minimum Gasteiger partial charge on any atom is -0.381 e. The van der Waals surface area contributed by atoms with Gasteiger partial charge < -0.3 is 15.8 Å². The molecule has 5 nitrogen and oxygen atoms in total. The highest BCUT2D eigenvalue weighted by atomic mass is 35.5. The van der Waals surface area contributed by atoms with Gasteiger partial charge in [-0.1, -0.05) is 30.7 Å². The molecule has 2 atom stereocenters. The molecule has 2 heterocycles. The first kappa shape index (κ1) is 20.7. The smallest absolute Gasteiger partial charge is 0.241 e. The Morgan fingerprint density at radius 1 is 1.32 bits per heavy atom. The van der Waals surface area contributed by atoms with E-state index >= 15 is 0 Å². The fourth-order valence-electron chi connectivity index (χ4n) is 3.84. The minimum absolute atomic E-state index is 0.187. The number of nitrogens with one attached hydrogen (secondary N) is 1. The Kier molecular flexibility index (Phi) is 6.99. The summed E-state index contributed by atoms with van der Waals surface area (Å²) in [5.74, 6) is -0.763. The zero-order valence-electron chi connectivity index (χ0n) is 15.8. The van der Waals surface area contributed by atoms with E-state index < -0.39 is 11.9 Å². The number of carbonyl (C=O) groups excluding carboxylic acids is 1. The molecule has 2 aromatic rings. The van der Waals surface area contributed by atoms with Gasteiger partial charge in [-0.25, -0.2) is 4.39 Å². The van der Waals surface area contributed by atoms with Crippen molar-refractivity contribution in [3.63, 3.8) is 0 Å². The van der Waals surface area contributed by atoms with Crippen LogP contribution in [-0.4, -0.2) is 30.1 Å². The number of carbonyl (C=O) groups is 1. The summed E-state index contributed by atoms with van der Waals surface area (Å²) in [7, 11) is 0. The molecule has 1 saturated heterocycles. The first-order chi connectivity index (χ1) is 13.5. The lowest BCUT2D eigenvalue weighted by atomic mass is 9.76. The summed E-state index contributed by atoms with van der Waals surface area (Å²) in [5.41, 5.74) is 8.19. The van der Waals surface area contributed by atoms with Crippen LogP contribution in [0.1, 0.15) is 36.8 Å². The van der Waals surface area contributed by atoms with E-state index in [1.54, 1.807) is 12.1 Å². The van der Waals surface area contributed by atoms with Gasteiger partial charge in [0.15, 0.2) is 0 Å². The lowest BCUT2D eigenvalue weighted by molar-refractivity contribution is -0.118. The summed E-state index contributed by atoms with van der Waals surface area (Å²) < 4.78 is 19.5. The van der Waals surface area contributed by atoms with E-state index in [0.717, 1.165) is 24.6 Å². The molecular weight excluding hydrogens is 381 g/mol. The van der Waals surface area contributed by atoms with E-state index in [1.807, 2.05) is 19.1 Å². The molecule has 0 radical (unpaired) electrons. The van der Waals surface area contributed by atoms with Crippen LogP contribution in [0, 0.1) is 11.7 Å². The van der Waals surface area contributed by atoms with E-state index in [-0.39, 0.29) is 17.7 Å². The number of hydrogen-bond donors (Lipinski definition) is 2. The third-order valence-corrected chi connectivity index (χ3v) is 5.59. The quantitative estimate of drug-likeness (QED) is 0.763. The van der Waals surface area contributed by atoms with Gasteiger partial charge in [0.05, 0.1) is 24.1 Å². The second kappa shape index (κ2) is 9.45. The Balaban J connectivity index is 1.86. The Morgan fingerprint density at radius 3 is 2.64 bits per heavy atom. The second-order valence-corrected chi connectivity index (χ2v) is 7.48. The van der Waals surface area contributed by atoms with Gasteiger partial charge >= 0.3 is 0 Å². The van der Waals surface area contributed by atoms with Crippen molar-refractivity contribution in [2.45, 2.75) is 38.1 Å². The van der Waals surface area contributed by atoms with Gasteiger partial charge in [-0.2, -0.15) is 0 Å². The number of amides is 1. The van der Waals surface area contributed by atoms with Crippen LogP contribution in [0.15, 0.2) is 36.7 Å². The van der Waals surface area contributed by atoms with E-state index in [4.69, 9.17) is 22.1 Å². The second-order valence-electron chi connectivity index (χ2n) is 7.04. The van der Waals surface area contributed by atoms with E-state index in [9.17, 15) is 9.18 Å². The molecule has 150 valence electrons. The predicted octanol–water partition coefficient (Wildman–Crippen LogP) is 3.91. The van der Waals surface area contributed by atoms with Crippen molar-refractivity contribution in [3.05, 3.63) is 58.6 Å². The van der Waals surface area contributed by atoms with E-state index in [0.29, 0.717) is 35.9 Å². The third kappa shape index (κ3) is 4.69. The van der Waals surface area contributed by atoms with Crippen LogP contribution in [0.5, 0.6) is 0 Å². The predicted molar refractivity (Wildman–Crippen MR) is 108 cm³/mol. The van der Waals surface area contributed by atoms with Gasteiger partial charge in [0.2, 0.25) is 5.91 Å². The monoisotopic (exact) mass is 405 g/mol. The van der Waals surface area contributed by atoms with Crippen molar-refractivity contribution in [2.75, 3.05) is 18.5 Å². The normalized spacial score (nSPS) is 17.1. The molecule has 1 amide bonds. The molecule has 1 aromatic carbocycles. The van der Waals surface area contributed by atoms with Gasteiger partial charge in [-0.15, -0.1) is 0 Å². The molecule has 1 aromatic heterocycles. The maximum absolute atomic E-state index is 14.0. The standard InChI is InChI=1S/C21H25ClFN3O2/c1-2-16-17(23)11-25-12-18(16)26-21(27)20(24)19(14-7-9-28-10-8-14)13-3-5-15(22)6-4-13/h3-6,11-12,14,19-20H,2,7-10,24H2,1H3,(H,26,27)/t19-,20-/m0/s1. The Bertz CT molecular complexity index is 810. The largest absolute Gasteiger partial charge is 0.381 e. The van der Waals surface area contributed by atoms with Crippen molar-refractivity contribution in [3.8, 4) is 0 Å². The number of ether oxygens (including phenoxy) is 1. The number of nitrogens with zero attached hydrogens (tertiary/aromatic N) is 1. The lowest BCUT2D eigenvalue weighted by Crippen LogP contribution is -2.44. The first-order valence-corrected chi connectivity index (χ1v) is 9.91. The number of anilines is 1. The Labute approximate surface area is 169 Å². The number of halogens is 2. The summed E-state index contributed by atoms with van der Waals surface area (Å²) in [5, 5.41) is 3.41. The number of benzene rings is 1. The number of aromatic nitrogens is 1. The van der Waals surface area contributed by atoms with E-state index in [2.05, 4.69) is 10.3 Å². The van der Waals surface area contributed by atoms with Crippen LogP contribution in [0.4, 0.5) is 10.1 Å². The SMILES string of the molecule is CCc1c(F)cncc1NC(=O)[C@@H](N)[C@@H](c1ccc(Cl)cc1)C1CCOCC1. The number of hydrogen-bond acceptors (Lipinski definition) is 4. The average Bonchev–Trinajstić information content (AvgIpc) is 2.70. The maximum Gasteiger partial charge on any atom is 0.241 e. The summed E-state index contributed by atoms with van der Waals surface area (Å²) in [4.78, 5) is 16.8. The van der Waals surface area contributed by atoms with Gasteiger partial charge in [-0.05, 0) is 42.9 Å². The molecule has 0 unspecified atom stereocenters. The highest BCUT2D eigenvalue weighted by Crippen LogP contribution is 2.35. The van der Waals surface area contributed by atoms with Crippen molar-refractivity contribution >= 4 is 23.2 Å². The van der Waals surface area contributed by atoms with Crippen molar-refractivity contribution in [2.24, 2.45) is 11.7 Å². The molecule has 1 aliphatic heterocycles. The molecule has 0 aliphatic carbocycles. The highest BCUT2D eigenvalue weighted by molar-refractivity contribution is 6.30. The van der Waals surface area contributed by atoms with Gasteiger partial charge in [0.25, 0.3) is 0 Å². The Hall–Kier alpha value is -2.02. The van der Waals surface area contributed by atoms with Crippen LogP contribution in [0.2, 0.25) is 5.02 Å². The molecular formula is C21H25ClFN3O2. The summed E-state index contributed by atoms with van der Waals surface area (Å²) in [6, 6.07) is 6.64. The topological polar surface area (TPSA) is 77.2 Å². The van der Waals surface area contributed by atoms with E-state index in [1.165, 1.54) is 6.20 Å². The molecule has 7 heteroatoms. The van der Waals surface area contributed by atoms with Gasteiger partial charge in [-0.3, -0.25) is 9.78 Å². The van der Waals surface area contributed by atoms with Crippen molar-refractivity contribution in [1.29, 1.82) is 0 Å². The number of rotatable bonds is 6. The molecule has 3 rings (SSSR count). The van der Waals surface area contributed by atoms with Crippen LogP contribution < -0.4 is 11.1 Å². The van der Waals surface area contributed by atoms with Crippen LogP contribution in [0.25, 0.3) is 0 Å². The van der Waals surface area contributed by atoms with Crippen molar-refractivity contribution < 1.29 is 13.9 Å². The summed E-state index contributed by atoms with van der Waals surface area (Å²) in [6.07, 6.45) is 4.71. The molecule has 3 N–H and O–H groups in total. The van der Waals surface area contributed by atoms with Crippen molar-refractivity contribution in [1.82, 2.24) is 4.98 Å². The minimum atomic E-state index is -0.794. The zero-order valence-corrected chi connectivity index (χ0v) is 16.6. The highest BCUT2D eigenvalue weighted by Gasteiger charge is 2.34. The molecule has 0 spiro atoms. The molecule has 1 fully saturated rings. The molecule has 0 saturated carbocycles. The molecule has 28 heavy (non-hydrogen) atoms. The molecule has 1 aliphatic rings.